The molecule has 0 radical (unpaired) electrons. The Morgan fingerprint density at radius 3 is 2.39 bits per heavy atom. The quantitative estimate of drug-likeness (QED) is 0.801. The number of fused-ring (bicyclic) bond motifs is 1. The number of methoxy groups -OCH3 is 2. The Labute approximate surface area is 167 Å². The largest absolute Gasteiger partial charge is 0.496 e. The molecule has 0 heterocycles. The van der Waals surface area contributed by atoms with Crippen molar-refractivity contribution in [1.82, 2.24) is 4.90 Å². The molecule has 0 saturated heterocycles. The number of hydrogen-bond donors (Lipinski definition) is 1. The van der Waals surface area contributed by atoms with Gasteiger partial charge < -0.3 is 14.4 Å². The molecule has 6 nitrogen and oxygen atoms in total. The van der Waals surface area contributed by atoms with E-state index in [0.717, 1.165) is 41.7 Å². The van der Waals surface area contributed by atoms with Crippen LogP contribution in [0.2, 0.25) is 0 Å². The molecule has 0 bridgehead atoms. The molecule has 1 N–H and O–H groups in total. The minimum Gasteiger partial charge on any atom is -0.496 e. The first kappa shape index (κ1) is 20.5. The van der Waals surface area contributed by atoms with Crippen molar-refractivity contribution in [3.63, 3.8) is 0 Å². The van der Waals surface area contributed by atoms with Crippen LogP contribution in [0.3, 0.4) is 0 Å². The van der Waals surface area contributed by atoms with Gasteiger partial charge in [-0.1, -0.05) is 6.07 Å². The molecule has 2 aromatic rings. The summed E-state index contributed by atoms with van der Waals surface area (Å²) < 4.78 is 39.8. The van der Waals surface area contributed by atoms with E-state index in [2.05, 4.69) is 23.7 Å². The zero-order valence-corrected chi connectivity index (χ0v) is 17.9. The highest BCUT2D eigenvalue weighted by Gasteiger charge is 2.27. The second kappa shape index (κ2) is 8.01. The van der Waals surface area contributed by atoms with Gasteiger partial charge in [0.15, 0.2) is 0 Å². The zero-order chi connectivity index (χ0) is 20.5. The van der Waals surface area contributed by atoms with E-state index < -0.39 is 10.0 Å². The van der Waals surface area contributed by atoms with E-state index in [1.807, 2.05) is 13.0 Å². The molecule has 0 aromatic heterocycles. The van der Waals surface area contributed by atoms with Crippen LogP contribution in [-0.2, 0) is 22.9 Å². The summed E-state index contributed by atoms with van der Waals surface area (Å²) in [6, 6.07) is 9.09. The van der Waals surface area contributed by atoms with E-state index in [4.69, 9.17) is 9.47 Å². The Hall–Kier alpha value is -2.25. The summed E-state index contributed by atoms with van der Waals surface area (Å²) in [7, 11) is 3.48. The molecule has 1 unspecified atom stereocenters. The van der Waals surface area contributed by atoms with Gasteiger partial charge in [0.25, 0.3) is 10.0 Å². The van der Waals surface area contributed by atoms with Crippen molar-refractivity contribution < 1.29 is 17.9 Å². The Bertz CT molecular complexity index is 971. The third kappa shape index (κ3) is 3.95. The summed E-state index contributed by atoms with van der Waals surface area (Å²) >= 11 is 0. The van der Waals surface area contributed by atoms with E-state index >= 15 is 0 Å². The van der Waals surface area contributed by atoms with Crippen LogP contribution in [0.5, 0.6) is 11.5 Å². The maximum Gasteiger partial charge on any atom is 0.265 e. The van der Waals surface area contributed by atoms with Crippen LogP contribution in [0.15, 0.2) is 35.2 Å². The third-order valence-corrected chi connectivity index (χ3v) is 6.76. The van der Waals surface area contributed by atoms with E-state index in [9.17, 15) is 8.42 Å². The van der Waals surface area contributed by atoms with Gasteiger partial charge in [-0.25, -0.2) is 8.42 Å². The van der Waals surface area contributed by atoms with Crippen molar-refractivity contribution in [2.24, 2.45) is 0 Å². The molecule has 0 fully saturated rings. The van der Waals surface area contributed by atoms with Gasteiger partial charge in [-0.05, 0) is 75.7 Å². The Morgan fingerprint density at radius 1 is 1.04 bits per heavy atom. The van der Waals surface area contributed by atoms with Gasteiger partial charge in [-0.3, -0.25) is 4.72 Å². The average molecular weight is 405 g/mol. The van der Waals surface area contributed by atoms with Gasteiger partial charge >= 0.3 is 0 Å². The number of anilines is 1. The summed E-state index contributed by atoms with van der Waals surface area (Å²) in [6.07, 6.45) is 2.59. The minimum atomic E-state index is -3.78. The summed E-state index contributed by atoms with van der Waals surface area (Å²) in [5.74, 6) is 1.14. The highest BCUT2D eigenvalue weighted by Crippen LogP contribution is 2.37. The SMILES string of the molecule is COc1cc(C)ccc1S(=O)(=O)Nc1ccc(OC)c2c1CCC(N(C)C)C2. The van der Waals surface area contributed by atoms with Gasteiger partial charge in [0.1, 0.15) is 16.4 Å². The van der Waals surface area contributed by atoms with Crippen LogP contribution in [0.4, 0.5) is 5.69 Å². The first-order valence-corrected chi connectivity index (χ1v) is 10.8. The number of aryl methyl sites for hydroxylation is 1. The molecule has 2 aromatic carbocycles. The van der Waals surface area contributed by atoms with Crippen LogP contribution in [0, 0.1) is 6.92 Å². The molecule has 1 atom stereocenters. The normalized spacial score (nSPS) is 16.6. The number of nitrogens with zero attached hydrogens (tertiary/aromatic N) is 1. The molecule has 1 aliphatic rings. The molecular weight excluding hydrogens is 376 g/mol. The standard InChI is InChI=1S/C21H28N2O4S/c1-14-6-11-21(20(12-14)27-5)28(24,25)22-18-9-10-19(26-4)17-13-15(23(2)3)7-8-16(17)18/h6,9-12,15,22H,7-8,13H2,1-5H3. The molecule has 1 aliphatic carbocycles. The summed E-state index contributed by atoms with van der Waals surface area (Å²) in [6.45, 7) is 1.90. The molecule has 152 valence electrons. The number of ether oxygens (including phenoxy) is 2. The molecule has 0 spiro atoms. The molecule has 7 heteroatoms. The lowest BCUT2D eigenvalue weighted by atomic mass is 9.86. The maximum absolute atomic E-state index is 13.1. The Kier molecular flexibility index (Phi) is 5.86. The molecule has 0 amide bonds. The smallest absolute Gasteiger partial charge is 0.265 e. The fourth-order valence-corrected chi connectivity index (χ4v) is 5.00. The zero-order valence-electron chi connectivity index (χ0n) is 17.1. The van der Waals surface area contributed by atoms with Crippen molar-refractivity contribution in [1.29, 1.82) is 0 Å². The van der Waals surface area contributed by atoms with E-state index in [0.29, 0.717) is 17.5 Å². The molecule has 28 heavy (non-hydrogen) atoms. The average Bonchev–Trinajstić information content (AvgIpc) is 2.67. The molecule has 0 saturated carbocycles. The highest BCUT2D eigenvalue weighted by atomic mass is 32.2. The summed E-state index contributed by atoms with van der Waals surface area (Å²) in [5.41, 5.74) is 3.62. The number of sulfonamides is 1. The van der Waals surface area contributed by atoms with Crippen molar-refractivity contribution in [2.75, 3.05) is 33.0 Å². The Balaban J connectivity index is 2.01. The fourth-order valence-electron chi connectivity index (χ4n) is 3.75. The summed E-state index contributed by atoms with van der Waals surface area (Å²) in [4.78, 5) is 2.34. The number of benzene rings is 2. The van der Waals surface area contributed by atoms with Crippen molar-refractivity contribution in [3.8, 4) is 11.5 Å². The lowest BCUT2D eigenvalue weighted by Crippen LogP contribution is -2.34. The van der Waals surface area contributed by atoms with Crippen LogP contribution < -0.4 is 14.2 Å². The molecule has 0 aliphatic heterocycles. The first-order chi connectivity index (χ1) is 13.3. The van der Waals surface area contributed by atoms with Crippen LogP contribution in [0.25, 0.3) is 0 Å². The fraction of sp³-hybridized carbons (Fsp3) is 0.429. The Morgan fingerprint density at radius 2 is 1.75 bits per heavy atom. The number of likely N-dealkylation sites (N-methyl/N-ethyl adjacent to an activating group) is 1. The van der Waals surface area contributed by atoms with Crippen LogP contribution in [0.1, 0.15) is 23.1 Å². The van der Waals surface area contributed by atoms with Crippen LogP contribution in [-0.4, -0.2) is 47.7 Å². The van der Waals surface area contributed by atoms with Gasteiger partial charge in [0.05, 0.1) is 19.9 Å². The topological polar surface area (TPSA) is 67.9 Å². The van der Waals surface area contributed by atoms with Crippen molar-refractivity contribution in [2.45, 2.75) is 37.1 Å². The predicted molar refractivity (Wildman–Crippen MR) is 111 cm³/mol. The minimum absolute atomic E-state index is 0.132. The van der Waals surface area contributed by atoms with E-state index in [-0.39, 0.29) is 4.90 Å². The lowest BCUT2D eigenvalue weighted by molar-refractivity contribution is 0.265. The first-order valence-electron chi connectivity index (χ1n) is 9.29. The van der Waals surface area contributed by atoms with Crippen molar-refractivity contribution in [3.05, 3.63) is 47.0 Å². The second-order valence-electron chi connectivity index (χ2n) is 7.39. The van der Waals surface area contributed by atoms with Gasteiger partial charge in [-0.15, -0.1) is 0 Å². The molecule has 3 rings (SSSR count). The van der Waals surface area contributed by atoms with Crippen LogP contribution >= 0.6 is 0 Å². The molecular formula is C21H28N2O4S. The van der Waals surface area contributed by atoms with Gasteiger partial charge in [0, 0.05) is 11.6 Å². The van der Waals surface area contributed by atoms with Crippen molar-refractivity contribution >= 4 is 15.7 Å². The number of rotatable bonds is 6. The second-order valence-corrected chi connectivity index (χ2v) is 9.04. The highest BCUT2D eigenvalue weighted by molar-refractivity contribution is 7.92. The number of nitrogens with one attached hydrogen (secondary N) is 1. The maximum atomic E-state index is 13.1. The van der Waals surface area contributed by atoms with Gasteiger partial charge in [-0.2, -0.15) is 0 Å². The van der Waals surface area contributed by atoms with E-state index in [1.54, 1.807) is 31.4 Å². The lowest BCUT2D eigenvalue weighted by Gasteiger charge is -2.32. The van der Waals surface area contributed by atoms with E-state index in [1.165, 1.54) is 7.11 Å². The van der Waals surface area contributed by atoms with Gasteiger partial charge in [0.2, 0.25) is 0 Å². The summed E-state index contributed by atoms with van der Waals surface area (Å²) in [5, 5.41) is 0. The monoisotopic (exact) mass is 404 g/mol. The number of hydrogen-bond acceptors (Lipinski definition) is 5. The third-order valence-electron chi connectivity index (χ3n) is 5.36. The predicted octanol–water partition coefficient (Wildman–Crippen LogP) is 3.23.